The van der Waals surface area contributed by atoms with E-state index < -0.39 is 5.97 Å². The number of carboxylic acid groups (broad SMARTS) is 1. The normalized spacial score (nSPS) is 23.6. The fourth-order valence-corrected chi connectivity index (χ4v) is 3.03. The summed E-state index contributed by atoms with van der Waals surface area (Å²) in [5.41, 5.74) is 1.64. The largest absolute Gasteiger partial charge is 0.481 e. The van der Waals surface area contributed by atoms with Crippen LogP contribution in [0.15, 0.2) is 27.1 Å². The molecule has 1 aliphatic carbocycles. The Kier molecular flexibility index (Phi) is 3.31. The minimum Gasteiger partial charge on any atom is -0.481 e. The molecule has 1 saturated carbocycles. The first kappa shape index (κ1) is 12.7. The van der Waals surface area contributed by atoms with Gasteiger partial charge in [0.25, 0.3) is 0 Å². The molecule has 100 valence electrons. The highest BCUT2D eigenvalue weighted by molar-refractivity contribution is 9.10. The van der Waals surface area contributed by atoms with E-state index in [4.69, 9.17) is 9.52 Å². The number of rotatable bonds is 2. The maximum atomic E-state index is 10.9. The van der Waals surface area contributed by atoms with Gasteiger partial charge < -0.3 is 9.52 Å². The summed E-state index contributed by atoms with van der Waals surface area (Å²) in [6.45, 7) is 0. The molecule has 5 heteroatoms. The van der Waals surface area contributed by atoms with Crippen LogP contribution >= 0.6 is 15.9 Å². The molecule has 0 spiro atoms. The summed E-state index contributed by atoms with van der Waals surface area (Å²) in [7, 11) is 0. The average molecular weight is 324 g/mol. The predicted octanol–water partition coefficient (Wildman–Crippen LogP) is 3.95. The molecule has 0 atom stereocenters. The third-order valence-corrected chi connectivity index (χ3v) is 4.29. The second-order valence-electron chi connectivity index (χ2n) is 5.05. The number of aromatic nitrogens is 1. The van der Waals surface area contributed by atoms with E-state index in [0.717, 1.165) is 34.3 Å². The lowest BCUT2D eigenvalue weighted by Crippen LogP contribution is -2.20. The lowest BCUT2D eigenvalue weighted by atomic mass is 9.82. The zero-order valence-electron chi connectivity index (χ0n) is 10.3. The quantitative estimate of drug-likeness (QED) is 0.908. The number of aliphatic carboxylic acids is 1. The van der Waals surface area contributed by atoms with Crippen LogP contribution in [0.4, 0.5) is 0 Å². The van der Waals surface area contributed by atoms with Gasteiger partial charge in [-0.1, -0.05) is 15.9 Å². The summed E-state index contributed by atoms with van der Waals surface area (Å²) >= 11 is 3.41. The number of hydrogen-bond donors (Lipinski definition) is 1. The maximum Gasteiger partial charge on any atom is 0.306 e. The van der Waals surface area contributed by atoms with Crippen LogP contribution in [0.25, 0.3) is 11.1 Å². The molecule has 0 amide bonds. The molecule has 1 aromatic heterocycles. The molecule has 1 fully saturated rings. The molecule has 0 aliphatic heterocycles. The summed E-state index contributed by atoms with van der Waals surface area (Å²) < 4.78 is 6.76. The Morgan fingerprint density at radius 3 is 2.74 bits per heavy atom. The molecule has 19 heavy (non-hydrogen) atoms. The van der Waals surface area contributed by atoms with Gasteiger partial charge >= 0.3 is 5.97 Å². The molecule has 0 saturated heterocycles. The second-order valence-corrected chi connectivity index (χ2v) is 5.97. The van der Waals surface area contributed by atoms with E-state index in [1.807, 2.05) is 18.2 Å². The van der Waals surface area contributed by atoms with Crippen molar-refractivity contribution in [3.8, 4) is 0 Å². The van der Waals surface area contributed by atoms with Crippen molar-refractivity contribution in [3.05, 3.63) is 28.6 Å². The number of benzene rings is 1. The van der Waals surface area contributed by atoms with Crippen LogP contribution in [-0.4, -0.2) is 16.1 Å². The summed E-state index contributed by atoms with van der Waals surface area (Å²) in [5, 5.41) is 9.00. The van der Waals surface area contributed by atoms with Gasteiger partial charge in [0.15, 0.2) is 11.5 Å². The van der Waals surface area contributed by atoms with Crippen molar-refractivity contribution in [2.45, 2.75) is 31.6 Å². The smallest absolute Gasteiger partial charge is 0.306 e. The van der Waals surface area contributed by atoms with Gasteiger partial charge in [-0.25, -0.2) is 4.98 Å². The molecule has 1 aliphatic rings. The van der Waals surface area contributed by atoms with Crippen molar-refractivity contribution in [1.29, 1.82) is 0 Å². The number of carboxylic acids is 1. The molecule has 1 heterocycles. The van der Waals surface area contributed by atoms with E-state index >= 15 is 0 Å². The van der Waals surface area contributed by atoms with Gasteiger partial charge in [0.2, 0.25) is 0 Å². The minimum atomic E-state index is -0.681. The highest BCUT2D eigenvalue weighted by atomic mass is 79.9. The topological polar surface area (TPSA) is 63.3 Å². The summed E-state index contributed by atoms with van der Waals surface area (Å²) in [4.78, 5) is 15.5. The van der Waals surface area contributed by atoms with E-state index in [-0.39, 0.29) is 11.8 Å². The van der Waals surface area contributed by atoms with Crippen molar-refractivity contribution in [2.24, 2.45) is 5.92 Å². The van der Waals surface area contributed by atoms with Gasteiger partial charge in [0, 0.05) is 10.4 Å². The number of carbonyl (C=O) groups is 1. The van der Waals surface area contributed by atoms with Gasteiger partial charge in [-0.15, -0.1) is 0 Å². The van der Waals surface area contributed by atoms with Crippen LogP contribution in [0.3, 0.4) is 0 Å². The van der Waals surface area contributed by atoms with Gasteiger partial charge in [-0.05, 0) is 43.9 Å². The van der Waals surface area contributed by atoms with Crippen molar-refractivity contribution < 1.29 is 14.3 Å². The summed E-state index contributed by atoms with van der Waals surface area (Å²) in [6.07, 6.45) is 3.10. The highest BCUT2D eigenvalue weighted by Gasteiger charge is 2.29. The zero-order chi connectivity index (χ0) is 13.4. The van der Waals surface area contributed by atoms with E-state index in [1.54, 1.807) is 0 Å². The van der Waals surface area contributed by atoms with Crippen LogP contribution < -0.4 is 0 Å². The number of halogens is 1. The van der Waals surface area contributed by atoms with Crippen molar-refractivity contribution >= 4 is 33.0 Å². The highest BCUT2D eigenvalue weighted by Crippen LogP contribution is 2.36. The van der Waals surface area contributed by atoms with E-state index in [2.05, 4.69) is 20.9 Å². The van der Waals surface area contributed by atoms with Crippen LogP contribution in [-0.2, 0) is 4.79 Å². The predicted molar refractivity (Wildman–Crippen MR) is 74.0 cm³/mol. The Morgan fingerprint density at radius 2 is 2.05 bits per heavy atom. The fraction of sp³-hybridized carbons (Fsp3) is 0.429. The van der Waals surface area contributed by atoms with Gasteiger partial charge in [-0.3, -0.25) is 4.79 Å². The van der Waals surface area contributed by atoms with Crippen molar-refractivity contribution in [1.82, 2.24) is 4.98 Å². The molecule has 1 aromatic carbocycles. The molecule has 0 radical (unpaired) electrons. The van der Waals surface area contributed by atoms with E-state index in [0.29, 0.717) is 12.8 Å². The molecule has 2 aromatic rings. The first-order valence-electron chi connectivity index (χ1n) is 6.42. The lowest BCUT2D eigenvalue weighted by molar-refractivity contribution is -0.142. The lowest BCUT2D eigenvalue weighted by Gasteiger charge is -2.23. The SMILES string of the molecule is O=C(O)C1CCC(c2nc3cc(Br)ccc3o2)CC1. The Balaban J connectivity index is 1.80. The van der Waals surface area contributed by atoms with Crippen molar-refractivity contribution in [3.63, 3.8) is 0 Å². The Bertz CT molecular complexity index is 614. The van der Waals surface area contributed by atoms with Gasteiger partial charge in [0.1, 0.15) is 5.52 Å². The Morgan fingerprint density at radius 1 is 1.32 bits per heavy atom. The van der Waals surface area contributed by atoms with Crippen LogP contribution in [0.1, 0.15) is 37.5 Å². The molecule has 0 bridgehead atoms. The first-order valence-corrected chi connectivity index (χ1v) is 7.21. The fourth-order valence-electron chi connectivity index (χ4n) is 2.68. The van der Waals surface area contributed by atoms with Crippen LogP contribution in [0.2, 0.25) is 0 Å². The molecule has 1 N–H and O–H groups in total. The number of fused-ring (bicyclic) bond motifs is 1. The average Bonchev–Trinajstić information content (AvgIpc) is 2.81. The van der Waals surface area contributed by atoms with Gasteiger partial charge in [-0.2, -0.15) is 0 Å². The standard InChI is InChI=1S/C14H14BrNO3/c15-10-5-6-12-11(7-10)16-13(19-12)8-1-3-9(4-2-8)14(17)18/h5-9H,1-4H2,(H,17,18). The van der Waals surface area contributed by atoms with E-state index in [9.17, 15) is 4.79 Å². The molecular weight excluding hydrogens is 310 g/mol. The molecule has 0 unspecified atom stereocenters. The number of nitrogens with zero attached hydrogens (tertiary/aromatic N) is 1. The first-order chi connectivity index (χ1) is 9.13. The zero-order valence-corrected chi connectivity index (χ0v) is 11.9. The van der Waals surface area contributed by atoms with E-state index in [1.165, 1.54) is 0 Å². The molecule has 4 nitrogen and oxygen atoms in total. The minimum absolute atomic E-state index is 0.199. The third kappa shape index (κ3) is 2.52. The summed E-state index contributed by atoms with van der Waals surface area (Å²) in [6, 6.07) is 5.77. The van der Waals surface area contributed by atoms with Crippen molar-refractivity contribution in [2.75, 3.05) is 0 Å². The van der Waals surface area contributed by atoms with Crippen LogP contribution in [0, 0.1) is 5.92 Å². The molecular formula is C14H14BrNO3. The number of oxazole rings is 1. The monoisotopic (exact) mass is 323 g/mol. The Labute approximate surface area is 118 Å². The maximum absolute atomic E-state index is 10.9. The van der Waals surface area contributed by atoms with Crippen LogP contribution in [0.5, 0.6) is 0 Å². The summed E-state index contributed by atoms with van der Waals surface area (Å²) in [5.74, 6) is 0.119. The Hall–Kier alpha value is -1.36. The van der Waals surface area contributed by atoms with Gasteiger partial charge in [0.05, 0.1) is 5.92 Å². The second kappa shape index (κ2) is 4.96. The number of hydrogen-bond acceptors (Lipinski definition) is 3. The third-order valence-electron chi connectivity index (χ3n) is 3.79. The molecule has 3 rings (SSSR count).